The molecule has 1 fully saturated rings. The summed E-state index contributed by atoms with van der Waals surface area (Å²) in [4.78, 5) is 14.8. The highest BCUT2D eigenvalue weighted by Gasteiger charge is 2.20. The minimum atomic E-state index is -2.18. The Hall–Kier alpha value is -2.30. The van der Waals surface area contributed by atoms with Gasteiger partial charge in [-0.2, -0.15) is 0 Å². The van der Waals surface area contributed by atoms with Gasteiger partial charge in [0.15, 0.2) is 0 Å². The molecule has 1 aromatic carbocycles. The van der Waals surface area contributed by atoms with Gasteiger partial charge in [-0.05, 0) is 17.2 Å². The molecule has 2 N–H and O–H groups in total. The molecule has 9 heteroatoms. The topological polar surface area (TPSA) is 108 Å². The number of nitrogens with zero attached hydrogens (tertiary/aromatic N) is 3. The number of hydrogen-bond donors (Lipinski definition) is 1. The van der Waals surface area contributed by atoms with E-state index in [9.17, 15) is 13.6 Å². The molecule has 154 valence electrons. The van der Waals surface area contributed by atoms with Gasteiger partial charge in [0.25, 0.3) is 5.56 Å². The highest BCUT2D eigenvalue weighted by molar-refractivity contribution is 7.76. The van der Waals surface area contributed by atoms with Crippen LogP contribution in [-0.2, 0) is 31.4 Å². The summed E-state index contributed by atoms with van der Waals surface area (Å²) in [7, 11) is 1.73. The van der Waals surface area contributed by atoms with E-state index in [1.165, 1.54) is 4.31 Å². The second-order valence-corrected chi connectivity index (χ2v) is 8.19. The minimum Gasteiger partial charge on any atom is -0.760 e. The van der Waals surface area contributed by atoms with Crippen LogP contribution in [0.1, 0.15) is 11.3 Å². The van der Waals surface area contributed by atoms with E-state index in [1.807, 2.05) is 24.3 Å². The number of aromatic nitrogens is 1. The molecule has 3 heterocycles. The molecule has 4 rings (SSSR count). The Balaban J connectivity index is 1.65. The van der Waals surface area contributed by atoms with Gasteiger partial charge in [0.05, 0.1) is 11.9 Å². The largest absolute Gasteiger partial charge is 0.760 e. The van der Waals surface area contributed by atoms with Crippen LogP contribution < -0.4 is 11.3 Å². The van der Waals surface area contributed by atoms with Crippen LogP contribution >= 0.6 is 0 Å². The number of furan rings is 1. The van der Waals surface area contributed by atoms with E-state index in [2.05, 4.69) is 4.90 Å². The summed E-state index contributed by atoms with van der Waals surface area (Å²) in [5, 5.41) is 0.544. The van der Waals surface area contributed by atoms with Crippen LogP contribution in [0.4, 0.5) is 0 Å². The van der Waals surface area contributed by atoms with Crippen molar-refractivity contribution in [2.45, 2.75) is 13.1 Å². The van der Waals surface area contributed by atoms with Crippen molar-refractivity contribution in [1.82, 2.24) is 13.8 Å². The third-order valence-electron chi connectivity index (χ3n) is 5.32. The van der Waals surface area contributed by atoms with Crippen molar-refractivity contribution < 1.29 is 13.2 Å². The Bertz CT molecular complexity index is 1100. The second-order valence-electron chi connectivity index (χ2n) is 7.24. The van der Waals surface area contributed by atoms with Crippen LogP contribution in [0.3, 0.4) is 0 Å². The highest BCUT2D eigenvalue weighted by Crippen LogP contribution is 2.30. The third kappa shape index (κ3) is 4.05. The highest BCUT2D eigenvalue weighted by atomic mass is 32.2. The normalized spacial score (nSPS) is 17.1. The zero-order valence-electron chi connectivity index (χ0n) is 16.2. The zero-order valence-corrected chi connectivity index (χ0v) is 17.0. The van der Waals surface area contributed by atoms with Crippen LogP contribution in [0.15, 0.2) is 45.7 Å². The molecule has 1 unspecified atom stereocenters. The lowest BCUT2D eigenvalue weighted by atomic mass is 10.0. The van der Waals surface area contributed by atoms with Gasteiger partial charge in [0, 0.05) is 62.8 Å². The molecule has 8 nitrogen and oxygen atoms in total. The fourth-order valence-electron chi connectivity index (χ4n) is 3.66. The van der Waals surface area contributed by atoms with E-state index >= 15 is 0 Å². The molecule has 0 spiro atoms. The number of fused-ring (bicyclic) bond motifs is 1. The van der Waals surface area contributed by atoms with Crippen molar-refractivity contribution in [2.24, 2.45) is 12.8 Å². The van der Waals surface area contributed by atoms with Crippen LogP contribution in [0.25, 0.3) is 22.1 Å². The number of aryl methyl sites for hydroxylation is 1. The van der Waals surface area contributed by atoms with Gasteiger partial charge in [0.1, 0.15) is 11.3 Å². The average molecular weight is 415 g/mol. The van der Waals surface area contributed by atoms with Crippen molar-refractivity contribution in [3.05, 3.63) is 58.2 Å². The smallest absolute Gasteiger partial charge is 0.261 e. The summed E-state index contributed by atoms with van der Waals surface area (Å²) in [6, 6.07) is 9.69. The SMILES string of the molecule is Cn1cc(-c2ccc(CN)cc2)c2oc(CN3CCN(S(=O)[O-])CC3)cc2c1=O. The van der Waals surface area contributed by atoms with Gasteiger partial charge in [-0.3, -0.25) is 13.9 Å². The van der Waals surface area contributed by atoms with E-state index in [4.69, 9.17) is 10.2 Å². The number of rotatable bonds is 5. The van der Waals surface area contributed by atoms with Gasteiger partial charge in [-0.1, -0.05) is 24.3 Å². The van der Waals surface area contributed by atoms with Gasteiger partial charge in [0.2, 0.25) is 0 Å². The Kier molecular flexibility index (Phi) is 5.66. The number of hydrogen-bond acceptors (Lipinski definition) is 6. The molecule has 0 saturated carbocycles. The maximum absolute atomic E-state index is 12.6. The summed E-state index contributed by atoms with van der Waals surface area (Å²) in [6.07, 6.45) is 1.79. The van der Waals surface area contributed by atoms with Gasteiger partial charge < -0.3 is 19.3 Å². The Morgan fingerprint density at radius 1 is 1.17 bits per heavy atom. The van der Waals surface area contributed by atoms with Gasteiger partial charge in [-0.15, -0.1) is 0 Å². The molecule has 29 heavy (non-hydrogen) atoms. The molecule has 0 radical (unpaired) electrons. The Morgan fingerprint density at radius 2 is 1.86 bits per heavy atom. The van der Waals surface area contributed by atoms with E-state index in [1.54, 1.807) is 23.9 Å². The first-order chi connectivity index (χ1) is 14.0. The van der Waals surface area contributed by atoms with Crippen molar-refractivity contribution in [3.8, 4) is 11.1 Å². The van der Waals surface area contributed by atoms with E-state index in [0.717, 1.165) is 16.7 Å². The fraction of sp³-hybridized carbons (Fsp3) is 0.350. The first-order valence-corrected chi connectivity index (χ1v) is 10.5. The molecule has 1 aliphatic heterocycles. The Labute approximate surface area is 170 Å². The fourth-order valence-corrected chi connectivity index (χ4v) is 4.12. The molecule has 1 saturated heterocycles. The molecule has 1 aliphatic rings. The van der Waals surface area contributed by atoms with Crippen LogP contribution in [-0.4, -0.2) is 48.7 Å². The molecule has 3 aromatic rings. The average Bonchev–Trinajstić information content (AvgIpc) is 3.15. The number of benzene rings is 1. The van der Waals surface area contributed by atoms with E-state index in [-0.39, 0.29) is 5.56 Å². The maximum atomic E-state index is 12.6. The number of nitrogens with two attached hydrogens (primary N) is 1. The predicted octanol–water partition coefficient (Wildman–Crippen LogP) is 1.17. The van der Waals surface area contributed by atoms with Crippen LogP contribution in [0.5, 0.6) is 0 Å². The molecular weight excluding hydrogens is 392 g/mol. The second kappa shape index (κ2) is 8.21. The van der Waals surface area contributed by atoms with Crippen LogP contribution in [0.2, 0.25) is 0 Å². The standard InChI is InChI=1S/C20H24N4O4S/c1-22-13-18(15-4-2-14(11-21)3-5-15)19-17(20(22)25)10-16(28-19)12-23-6-8-24(9-7-23)29(26)27/h2-5,10,13H,6-9,11-12,21H2,1H3,(H,26,27)/p-1. The van der Waals surface area contributed by atoms with Crippen molar-refractivity contribution in [2.75, 3.05) is 26.2 Å². The maximum Gasteiger partial charge on any atom is 0.261 e. The molecule has 0 bridgehead atoms. The van der Waals surface area contributed by atoms with Gasteiger partial charge >= 0.3 is 0 Å². The lowest BCUT2D eigenvalue weighted by molar-refractivity contribution is 0.170. The van der Waals surface area contributed by atoms with E-state index in [0.29, 0.717) is 56.0 Å². The number of piperazine rings is 1. The van der Waals surface area contributed by atoms with Crippen molar-refractivity contribution in [3.63, 3.8) is 0 Å². The zero-order chi connectivity index (χ0) is 20.5. The molecular formula is C20H23N4O4S-. The molecule has 1 atom stereocenters. The summed E-state index contributed by atoms with van der Waals surface area (Å²) in [5.74, 6) is 0.694. The summed E-state index contributed by atoms with van der Waals surface area (Å²) < 4.78 is 31.2. The summed E-state index contributed by atoms with van der Waals surface area (Å²) >= 11 is -2.18. The first kappa shape index (κ1) is 20.0. The van der Waals surface area contributed by atoms with Crippen molar-refractivity contribution >= 4 is 22.2 Å². The predicted molar refractivity (Wildman–Crippen MR) is 111 cm³/mol. The third-order valence-corrected chi connectivity index (χ3v) is 6.11. The monoisotopic (exact) mass is 415 g/mol. The summed E-state index contributed by atoms with van der Waals surface area (Å²) in [5.41, 5.74) is 8.99. The first-order valence-electron chi connectivity index (χ1n) is 9.44. The lowest BCUT2D eigenvalue weighted by Crippen LogP contribution is -2.46. The van der Waals surface area contributed by atoms with E-state index < -0.39 is 11.3 Å². The van der Waals surface area contributed by atoms with Crippen molar-refractivity contribution in [1.29, 1.82) is 0 Å². The quantitative estimate of drug-likeness (QED) is 0.627. The Morgan fingerprint density at radius 3 is 2.48 bits per heavy atom. The summed E-state index contributed by atoms with van der Waals surface area (Å²) in [6.45, 7) is 3.16. The number of pyridine rings is 1. The molecule has 0 aliphatic carbocycles. The molecule has 2 aromatic heterocycles. The van der Waals surface area contributed by atoms with Crippen LogP contribution in [0, 0.1) is 0 Å². The lowest BCUT2D eigenvalue weighted by Gasteiger charge is -2.34. The van der Waals surface area contributed by atoms with Gasteiger partial charge in [-0.25, -0.2) is 4.31 Å². The minimum absolute atomic E-state index is 0.108. The molecule has 0 amide bonds.